The van der Waals surface area contributed by atoms with Gasteiger partial charge in [0.25, 0.3) is 17.4 Å². The smallest absolute Gasteiger partial charge is 0.335 e. The second-order valence-corrected chi connectivity index (χ2v) is 8.24. The molecule has 2 heterocycles. The van der Waals surface area contributed by atoms with Gasteiger partial charge in [-0.2, -0.15) is 0 Å². The average molecular weight is 557 g/mol. The Labute approximate surface area is 228 Å². The number of urea groups is 1. The Morgan fingerprint density at radius 2 is 1.34 bits per heavy atom. The molecule has 1 fully saturated rings. The van der Waals surface area contributed by atoms with Crippen molar-refractivity contribution in [3.63, 3.8) is 0 Å². The van der Waals surface area contributed by atoms with Crippen molar-refractivity contribution in [2.24, 2.45) is 0 Å². The summed E-state index contributed by atoms with van der Waals surface area (Å²) < 4.78 is 0.651. The molecule has 0 spiro atoms. The van der Waals surface area contributed by atoms with Gasteiger partial charge in [0.1, 0.15) is 5.57 Å². The van der Waals surface area contributed by atoms with Crippen molar-refractivity contribution in [2.75, 3.05) is 4.90 Å². The summed E-state index contributed by atoms with van der Waals surface area (Å²) in [6.45, 7) is 0. The third-order valence-corrected chi connectivity index (χ3v) is 5.70. The first-order valence-corrected chi connectivity index (χ1v) is 11.5. The highest BCUT2D eigenvalue weighted by atomic mass is 16.4. The van der Waals surface area contributed by atoms with Crippen LogP contribution in [0.5, 0.6) is 5.88 Å². The van der Waals surface area contributed by atoms with Crippen molar-refractivity contribution in [3.8, 4) is 11.6 Å². The zero-order valence-electron chi connectivity index (χ0n) is 20.6. The number of nitrogens with zero attached hydrogens (tertiary/aromatic N) is 2. The molecule has 14 heteroatoms. The number of barbiturate groups is 1. The quantitative estimate of drug-likeness (QED) is 0.182. The maximum absolute atomic E-state index is 12.9. The summed E-state index contributed by atoms with van der Waals surface area (Å²) in [5.74, 6) is -5.35. The number of carbonyl (C=O) groups excluding carboxylic acids is 3. The number of anilines is 1. The average Bonchev–Trinajstić information content (AvgIpc) is 2.92. The predicted molar refractivity (Wildman–Crippen MR) is 140 cm³/mol. The van der Waals surface area contributed by atoms with Gasteiger partial charge in [0.05, 0.1) is 16.8 Å². The van der Waals surface area contributed by atoms with Crippen LogP contribution in [0, 0.1) is 0 Å². The van der Waals surface area contributed by atoms with Crippen molar-refractivity contribution in [2.45, 2.75) is 0 Å². The number of aromatic amines is 1. The van der Waals surface area contributed by atoms with Crippen LogP contribution in [0.1, 0.15) is 26.3 Å². The molecule has 14 nitrogen and oxygen atoms in total. The molecule has 0 saturated carbocycles. The number of imide groups is 2. The summed E-state index contributed by atoms with van der Waals surface area (Å²) in [6, 6.07) is 8.61. The Morgan fingerprint density at radius 3 is 1.90 bits per heavy atom. The van der Waals surface area contributed by atoms with E-state index in [2.05, 4.69) is 0 Å². The first kappa shape index (κ1) is 27.7. The van der Waals surface area contributed by atoms with Gasteiger partial charge in [0, 0.05) is 11.3 Å². The fourth-order valence-corrected chi connectivity index (χ4v) is 3.70. The number of allylic oxidation sites excluding steroid dienone is 4. The number of hydrogen-bond acceptors (Lipinski definition) is 8. The Morgan fingerprint density at radius 1 is 0.780 bits per heavy atom. The minimum absolute atomic E-state index is 0.0229. The minimum Gasteiger partial charge on any atom is -0.859 e. The highest BCUT2D eigenvalue weighted by molar-refractivity contribution is 6.37. The number of carbonyl (C=O) groups is 5. The van der Waals surface area contributed by atoms with E-state index in [1.54, 1.807) is 0 Å². The van der Waals surface area contributed by atoms with Gasteiger partial charge in [0.2, 0.25) is 0 Å². The van der Waals surface area contributed by atoms with Gasteiger partial charge in [-0.05, 0) is 66.6 Å². The topological polar surface area (TPSA) is 219 Å². The zero-order valence-corrected chi connectivity index (χ0v) is 20.6. The van der Waals surface area contributed by atoms with E-state index in [0.29, 0.717) is 9.47 Å². The predicted octanol–water partition coefficient (Wildman–Crippen LogP) is 0.775. The summed E-state index contributed by atoms with van der Waals surface area (Å²) in [5, 5.41) is 32.9. The van der Waals surface area contributed by atoms with Gasteiger partial charge >= 0.3 is 23.7 Å². The second-order valence-electron chi connectivity index (χ2n) is 8.24. The lowest BCUT2D eigenvalue weighted by atomic mass is 10.1. The van der Waals surface area contributed by atoms with Crippen LogP contribution in [0.15, 0.2) is 88.0 Å². The molecule has 2 aromatic carbocycles. The Kier molecular flexibility index (Phi) is 7.57. The maximum atomic E-state index is 12.9. The van der Waals surface area contributed by atoms with Crippen LogP contribution in [0.3, 0.4) is 0 Å². The third kappa shape index (κ3) is 5.61. The Balaban J connectivity index is 1.58. The molecule has 41 heavy (non-hydrogen) atoms. The van der Waals surface area contributed by atoms with Crippen LogP contribution in [-0.2, 0) is 9.59 Å². The number of carboxylic acid groups (broad SMARTS) is 2. The molecular weight excluding hydrogens is 540 g/mol. The third-order valence-electron chi connectivity index (χ3n) is 5.70. The summed E-state index contributed by atoms with van der Waals surface area (Å²) in [4.78, 5) is 86.6. The zero-order chi connectivity index (χ0) is 29.8. The number of nitrogens with one attached hydrogen (secondary N) is 2. The normalized spacial score (nSPS) is 14.7. The molecule has 4 N–H and O–H groups in total. The number of aromatic nitrogens is 2. The molecule has 0 radical (unpaired) electrons. The molecule has 3 aromatic rings. The Bertz CT molecular complexity index is 1810. The summed E-state index contributed by atoms with van der Waals surface area (Å²) >= 11 is 0. The molecule has 0 atom stereocenters. The van der Waals surface area contributed by atoms with Gasteiger partial charge in [0.15, 0.2) is 0 Å². The lowest BCUT2D eigenvalue weighted by Gasteiger charge is -2.26. The molecule has 4 amide bonds. The van der Waals surface area contributed by atoms with Crippen molar-refractivity contribution >= 4 is 41.5 Å². The minimum atomic E-state index is -1.21. The van der Waals surface area contributed by atoms with Crippen LogP contribution in [0.4, 0.5) is 10.5 Å². The molecule has 0 aliphatic carbocycles. The molecule has 0 unspecified atom stereocenters. The summed E-state index contributed by atoms with van der Waals surface area (Å²) in [6.07, 6.45) is 5.89. The number of carboxylic acids is 2. The first-order valence-electron chi connectivity index (χ1n) is 11.5. The van der Waals surface area contributed by atoms with E-state index in [4.69, 9.17) is 10.2 Å². The standard InChI is InChI=1S/C27H18N4O10/c32-20-18(22(34)30(26(40)28-20)16-10-6-14(7-11-16)24(36)37)4-2-1-3-5-19-21(33)29-27(41)31(23(19)35)17-12-8-15(9-13-17)25(38)39/h1-13,34H,(H,36,37)(H,38,39)(H,28,32,40)(H,29,33,41)/p-1/b3-1+,4-2+,19-5+. The van der Waals surface area contributed by atoms with E-state index < -0.39 is 58.0 Å². The highest BCUT2D eigenvalue weighted by Crippen LogP contribution is 2.21. The Hall–Kier alpha value is -6.31. The molecule has 1 aliphatic rings. The van der Waals surface area contributed by atoms with Crippen molar-refractivity contribution in [3.05, 3.63) is 116 Å². The first-order chi connectivity index (χ1) is 19.5. The van der Waals surface area contributed by atoms with E-state index in [1.807, 2.05) is 10.3 Å². The molecule has 1 aromatic heterocycles. The fraction of sp³-hybridized carbons (Fsp3) is 0. The number of rotatable bonds is 7. The van der Waals surface area contributed by atoms with E-state index in [-0.39, 0.29) is 22.5 Å². The van der Waals surface area contributed by atoms with Crippen molar-refractivity contribution in [1.82, 2.24) is 14.9 Å². The van der Waals surface area contributed by atoms with Crippen LogP contribution >= 0.6 is 0 Å². The number of benzene rings is 2. The lowest BCUT2D eigenvalue weighted by Crippen LogP contribution is -2.54. The van der Waals surface area contributed by atoms with Gasteiger partial charge < -0.3 is 15.3 Å². The molecule has 1 saturated heterocycles. The SMILES string of the molecule is O=C1NC(=O)N(c2ccc(C(=O)O)cc2)C(=O)/C1=C/C=C/C=C/c1c([O-])n(-c2ccc(C(=O)O)cc2)c(=O)[nH]c1=O. The van der Waals surface area contributed by atoms with Crippen LogP contribution in [0.25, 0.3) is 11.8 Å². The highest BCUT2D eigenvalue weighted by Gasteiger charge is 2.36. The molecule has 4 rings (SSSR count). The summed E-state index contributed by atoms with van der Waals surface area (Å²) in [7, 11) is 0. The van der Waals surface area contributed by atoms with Gasteiger partial charge in [-0.15, -0.1) is 0 Å². The number of amides is 4. The van der Waals surface area contributed by atoms with Crippen LogP contribution in [-0.4, -0.2) is 49.5 Å². The van der Waals surface area contributed by atoms with E-state index in [1.165, 1.54) is 66.8 Å². The van der Waals surface area contributed by atoms with Crippen LogP contribution < -0.4 is 26.6 Å². The van der Waals surface area contributed by atoms with Crippen LogP contribution in [0.2, 0.25) is 0 Å². The number of aromatic carboxylic acids is 2. The monoisotopic (exact) mass is 557 g/mol. The van der Waals surface area contributed by atoms with Crippen molar-refractivity contribution in [1.29, 1.82) is 0 Å². The number of H-pyrrole nitrogens is 1. The largest absolute Gasteiger partial charge is 0.859 e. The van der Waals surface area contributed by atoms with Crippen molar-refractivity contribution < 1.29 is 39.3 Å². The number of hydrogen-bond donors (Lipinski definition) is 4. The van der Waals surface area contributed by atoms with Gasteiger partial charge in [-0.25, -0.2) is 24.1 Å². The fourth-order valence-electron chi connectivity index (χ4n) is 3.70. The maximum Gasteiger partial charge on any atom is 0.335 e. The lowest BCUT2D eigenvalue weighted by molar-refractivity contribution is -0.278. The summed E-state index contributed by atoms with van der Waals surface area (Å²) in [5.41, 5.74) is -2.98. The second kappa shape index (κ2) is 11.2. The molecular formula is C27H17N4O10-. The van der Waals surface area contributed by atoms with E-state index >= 15 is 0 Å². The molecule has 206 valence electrons. The van der Waals surface area contributed by atoms with Gasteiger partial charge in [-0.1, -0.05) is 18.2 Å². The molecule has 0 bridgehead atoms. The van der Waals surface area contributed by atoms with E-state index in [0.717, 1.165) is 12.2 Å². The van der Waals surface area contributed by atoms with Gasteiger partial charge in [-0.3, -0.25) is 29.3 Å². The molecule has 1 aliphatic heterocycles. The van der Waals surface area contributed by atoms with E-state index in [9.17, 15) is 38.7 Å².